The molecule has 11 heteroatoms. The van der Waals surface area contributed by atoms with Crippen LogP contribution in [0.4, 0.5) is 32.3 Å². The van der Waals surface area contributed by atoms with E-state index in [1.165, 1.54) is 6.92 Å². The molecule has 1 unspecified atom stereocenters. The highest BCUT2D eigenvalue weighted by atomic mass is 19.4. The number of aromatic nitrogens is 3. The van der Waals surface area contributed by atoms with Gasteiger partial charge in [0.2, 0.25) is 5.95 Å². The van der Waals surface area contributed by atoms with Gasteiger partial charge in [-0.05, 0) is 44.8 Å². The fourth-order valence-corrected chi connectivity index (χ4v) is 2.35. The molecule has 0 saturated carbocycles. The van der Waals surface area contributed by atoms with Crippen LogP contribution in [0.1, 0.15) is 37.8 Å². The lowest BCUT2D eigenvalue weighted by molar-refractivity contribution is -0.242. The summed E-state index contributed by atoms with van der Waals surface area (Å²) in [7, 11) is 0. The molecule has 1 heterocycles. The van der Waals surface area contributed by atoms with Crippen LogP contribution < -0.4 is 5.32 Å². The zero-order valence-corrected chi connectivity index (χ0v) is 13.3. The second-order valence-corrected chi connectivity index (χ2v) is 5.88. The fourth-order valence-electron chi connectivity index (χ4n) is 2.35. The summed E-state index contributed by atoms with van der Waals surface area (Å²) in [6.07, 6.45) is -9.08. The topological polar surface area (TPSA) is 70.9 Å². The zero-order valence-electron chi connectivity index (χ0n) is 13.3. The van der Waals surface area contributed by atoms with Crippen molar-refractivity contribution < 1.29 is 31.4 Å². The molecule has 0 saturated heterocycles. The van der Waals surface area contributed by atoms with Crippen molar-refractivity contribution in [3.8, 4) is 0 Å². The van der Waals surface area contributed by atoms with Crippen LogP contribution in [0.2, 0.25) is 0 Å². The molecule has 1 aliphatic carbocycles. The van der Waals surface area contributed by atoms with Gasteiger partial charge in [-0.25, -0.2) is 4.98 Å². The maximum Gasteiger partial charge on any atom is 0.420 e. The summed E-state index contributed by atoms with van der Waals surface area (Å²) in [6, 6.07) is -1.95. The molecule has 1 aromatic rings. The Hall–Kier alpha value is -1.91. The lowest BCUT2D eigenvalue weighted by atomic mass is 9.86. The van der Waals surface area contributed by atoms with E-state index in [2.05, 4.69) is 20.3 Å². The Morgan fingerprint density at radius 2 is 1.80 bits per heavy atom. The number of aliphatic hydroxyl groups is 1. The minimum atomic E-state index is -4.87. The van der Waals surface area contributed by atoms with Crippen LogP contribution >= 0.6 is 0 Å². The minimum Gasteiger partial charge on any atom is -0.377 e. The van der Waals surface area contributed by atoms with E-state index in [0.29, 0.717) is 6.08 Å². The molecule has 0 amide bonds. The number of nitrogens with one attached hydrogen (secondary N) is 1. The lowest BCUT2D eigenvalue weighted by Crippen LogP contribution is -2.44. The zero-order chi connectivity index (χ0) is 19.0. The van der Waals surface area contributed by atoms with Crippen molar-refractivity contribution in [2.45, 2.75) is 57.1 Å². The van der Waals surface area contributed by atoms with Crippen LogP contribution in [0, 0.1) is 6.92 Å². The van der Waals surface area contributed by atoms with Gasteiger partial charge in [0.1, 0.15) is 11.9 Å². The monoisotopic (exact) mass is 370 g/mol. The summed E-state index contributed by atoms with van der Waals surface area (Å²) in [5.74, 6) is -0.537. The molecule has 0 aliphatic heterocycles. The van der Waals surface area contributed by atoms with E-state index in [-0.39, 0.29) is 30.1 Å². The summed E-state index contributed by atoms with van der Waals surface area (Å²) in [5.41, 5.74) is -2.99. The first kappa shape index (κ1) is 19.4. The Morgan fingerprint density at radius 3 is 2.36 bits per heavy atom. The van der Waals surface area contributed by atoms with Gasteiger partial charge in [-0.15, -0.1) is 0 Å². The van der Waals surface area contributed by atoms with Crippen LogP contribution in [0.15, 0.2) is 6.08 Å². The molecule has 2 rings (SSSR count). The minimum absolute atomic E-state index is 0.0132. The Labute approximate surface area is 139 Å². The molecule has 1 aliphatic rings. The lowest BCUT2D eigenvalue weighted by Gasteiger charge is -2.31. The number of anilines is 1. The molecule has 25 heavy (non-hydrogen) atoms. The molecule has 0 spiro atoms. The van der Waals surface area contributed by atoms with E-state index >= 15 is 0 Å². The van der Waals surface area contributed by atoms with Gasteiger partial charge in [-0.1, -0.05) is 0 Å². The Bertz CT molecular complexity index is 672. The number of nitrogens with zero attached hydrogens (tertiary/aromatic N) is 3. The third-order valence-electron chi connectivity index (χ3n) is 3.78. The number of halogens is 6. The Morgan fingerprint density at radius 1 is 1.16 bits per heavy atom. The standard InChI is InChI=1S/C14H16F6N4O/c1-7(13(15,16)17)21-11-23-8(2)22-10(24-11)9-4-3-5-12(25,6-9)14(18,19)20/h6-7,25H,3-5H2,1-2H3,(H,21,22,23,24)/t7-,12?/m1/s1. The van der Waals surface area contributed by atoms with E-state index in [4.69, 9.17) is 0 Å². The average molecular weight is 370 g/mol. The van der Waals surface area contributed by atoms with Crippen LogP contribution in [0.5, 0.6) is 0 Å². The number of aryl methyl sites for hydroxylation is 1. The maximum absolute atomic E-state index is 13.0. The fraction of sp³-hybridized carbons (Fsp3) is 0.643. The van der Waals surface area contributed by atoms with Crippen molar-refractivity contribution >= 4 is 11.5 Å². The SMILES string of the molecule is Cc1nc(N[C@H](C)C(F)(F)F)nc(C2=CC(O)(C(F)(F)F)CCC2)n1. The number of alkyl halides is 6. The predicted molar refractivity (Wildman–Crippen MR) is 76.5 cm³/mol. The van der Waals surface area contributed by atoms with Gasteiger partial charge < -0.3 is 10.4 Å². The van der Waals surface area contributed by atoms with E-state index in [1.54, 1.807) is 0 Å². The smallest absolute Gasteiger partial charge is 0.377 e. The van der Waals surface area contributed by atoms with Crippen molar-refractivity contribution in [2.24, 2.45) is 0 Å². The highest BCUT2D eigenvalue weighted by Gasteiger charge is 2.53. The summed E-state index contributed by atoms with van der Waals surface area (Å²) in [5, 5.41) is 11.8. The number of allylic oxidation sites excluding steroid dienone is 1. The third-order valence-corrected chi connectivity index (χ3v) is 3.78. The van der Waals surface area contributed by atoms with Crippen molar-refractivity contribution in [1.29, 1.82) is 0 Å². The molecule has 0 bridgehead atoms. The third kappa shape index (κ3) is 4.39. The van der Waals surface area contributed by atoms with Crippen molar-refractivity contribution in [3.05, 3.63) is 17.7 Å². The van der Waals surface area contributed by atoms with Gasteiger partial charge in [0.15, 0.2) is 11.4 Å². The maximum atomic E-state index is 13.0. The van der Waals surface area contributed by atoms with E-state index in [0.717, 1.165) is 6.92 Å². The number of hydrogen-bond donors (Lipinski definition) is 2. The van der Waals surface area contributed by atoms with E-state index in [1.807, 2.05) is 0 Å². The van der Waals surface area contributed by atoms with Crippen LogP contribution in [0.25, 0.3) is 5.57 Å². The summed E-state index contributed by atoms with van der Waals surface area (Å²) in [6.45, 7) is 2.25. The summed E-state index contributed by atoms with van der Waals surface area (Å²) in [4.78, 5) is 11.4. The Kier molecular flexibility index (Phi) is 4.99. The van der Waals surface area contributed by atoms with E-state index < -0.39 is 36.4 Å². The molecule has 1 aromatic heterocycles. The van der Waals surface area contributed by atoms with Crippen LogP contribution in [-0.2, 0) is 0 Å². The Balaban J connectivity index is 2.37. The first-order chi connectivity index (χ1) is 11.3. The summed E-state index contributed by atoms with van der Waals surface area (Å²) >= 11 is 0. The van der Waals surface area contributed by atoms with Crippen molar-refractivity contribution in [3.63, 3.8) is 0 Å². The second-order valence-electron chi connectivity index (χ2n) is 5.88. The highest BCUT2D eigenvalue weighted by molar-refractivity contribution is 5.63. The van der Waals surface area contributed by atoms with Crippen molar-refractivity contribution in [2.75, 3.05) is 5.32 Å². The molecule has 2 atom stereocenters. The van der Waals surface area contributed by atoms with Gasteiger partial charge in [0.25, 0.3) is 0 Å². The molecule has 0 radical (unpaired) electrons. The second kappa shape index (κ2) is 6.43. The quantitative estimate of drug-likeness (QED) is 0.798. The van der Waals surface area contributed by atoms with Gasteiger partial charge >= 0.3 is 12.4 Å². The molecular weight excluding hydrogens is 354 g/mol. The number of hydrogen-bond acceptors (Lipinski definition) is 5. The molecule has 2 N–H and O–H groups in total. The molecular formula is C14H16F6N4O. The molecule has 140 valence electrons. The normalized spacial score (nSPS) is 23.2. The predicted octanol–water partition coefficient (Wildman–Crippen LogP) is 3.40. The van der Waals surface area contributed by atoms with Gasteiger partial charge in [-0.3, -0.25) is 0 Å². The van der Waals surface area contributed by atoms with Gasteiger partial charge in [0, 0.05) is 0 Å². The van der Waals surface area contributed by atoms with Gasteiger partial charge in [-0.2, -0.15) is 36.3 Å². The molecule has 0 aromatic carbocycles. The highest BCUT2D eigenvalue weighted by Crippen LogP contribution is 2.41. The van der Waals surface area contributed by atoms with Crippen LogP contribution in [-0.4, -0.2) is 44.1 Å². The number of rotatable bonds is 3. The molecule has 5 nitrogen and oxygen atoms in total. The average Bonchev–Trinajstić information content (AvgIpc) is 2.44. The largest absolute Gasteiger partial charge is 0.420 e. The van der Waals surface area contributed by atoms with E-state index in [9.17, 15) is 31.4 Å². The van der Waals surface area contributed by atoms with Crippen LogP contribution in [0.3, 0.4) is 0 Å². The first-order valence-electron chi connectivity index (χ1n) is 7.39. The first-order valence-corrected chi connectivity index (χ1v) is 7.39. The molecule has 0 fully saturated rings. The summed E-state index contributed by atoms with van der Waals surface area (Å²) < 4.78 is 76.8. The van der Waals surface area contributed by atoms with Crippen molar-refractivity contribution in [1.82, 2.24) is 15.0 Å². The van der Waals surface area contributed by atoms with Gasteiger partial charge in [0.05, 0.1) is 0 Å².